The zero-order valence-corrected chi connectivity index (χ0v) is 15.0. The molecule has 0 bridgehead atoms. The first-order valence-corrected chi connectivity index (χ1v) is 8.89. The molecule has 0 saturated carbocycles. The summed E-state index contributed by atoms with van der Waals surface area (Å²) < 4.78 is 5.00. The number of amides is 1. The van der Waals surface area contributed by atoms with Gasteiger partial charge in [0, 0.05) is 17.4 Å². The molecule has 1 aromatic carbocycles. The molecule has 0 fully saturated rings. The second-order valence-electron chi connectivity index (χ2n) is 5.94. The van der Waals surface area contributed by atoms with Crippen molar-refractivity contribution in [3.8, 4) is 5.88 Å². The Morgan fingerprint density at radius 1 is 1.28 bits per heavy atom. The average molecular weight is 356 g/mol. The Labute approximate surface area is 150 Å². The van der Waals surface area contributed by atoms with Crippen molar-refractivity contribution in [3.05, 3.63) is 53.7 Å². The quantitative estimate of drug-likeness (QED) is 0.879. The van der Waals surface area contributed by atoms with Gasteiger partial charge in [0.05, 0.1) is 24.5 Å². The van der Waals surface area contributed by atoms with Crippen molar-refractivity contribution in [3.63, 3.8) is 0 Å². The number of thioether (sulfide) groups is 1. The molecule has 6 nitrogen and oxygen atoms in total. The second-order valence-corrected chi connectivity index (χ2v) is 7.06. The van der Waals surface area contributed by atoms with E-state index in [1.807, 2.05) is 12.1 Å². The zero-order chi connectivity index (χ0) is 17.9. The molecule has 1 atom stereocenters. The summed E-state index contributed by atoms with van der Waals surface area (Å²) >= 11 is 1.58. The first-order valence-electron chi connectivity index (χ1n) is 7.90. The van der Waals surface area contributed by atoms with Crippen LogP contribution in [0.5, 0.6) is 5.88 Å². The SMILES string of the molecule is COc1ccc(NC(=O)c2ccc(C3(C)CCSC(N)=N3)cc2)cn1. The van der Waals surface area contributed by atoms with Crippen LogP contribution in [0, 0.1) is 0 Å². The summed E-state index contributed by atoms with van der Waals surface area (Å²) in [6.07, 6.45) is 2.48. The van der Waals surface area contributed by atoms with Gasteiger partial charge >= 0.3 is 0 Å². The lowest BCUT2D eigenvalue weighted by atomic mass is 9.89. The van der Waals surface area contributed by atoms with Gasteiger partial charge < -0.3 is 15.8 Å². The van der Waals surface area contributed by atoms with Crippen LogP contribution >= 0.6 is 11.8 Å². The molecule has 7 heteroatoms. The van der Waals surface area contributed by atoms with Crippen LogP contribution in [0.4, 0.5) is 5.69 Å². The third kappa shape index (κ3) is 3.93. The molecule has 1 amide bonds. The van der Waals surface area contributed by atoms with Gasteiger partial charge in [-0.3, -0.25) is 9.79 Å². The number of benzene rings is 1. The Balaban J connectivity index is 1.73. The summed E-state index contributed by atoms with van der Waals surface area (Å²) in [4.78, 5) is 21.0. The number of nitrogens with zero attached hydrogens (tertiary/aromatic N) is 2. The predicted octanol–water partition coefficient (Wildman–Crippen LogP) is 3.01. The molecule has 3 N–H and O–H groups in total. The molecule has 0 radical (unpaired) electrons. The number of rotatable bonds is 4. The summed E-state index contributed by atoms with van der Waals surface area (Å²) in [6.45, 7) is 2.07. The minimum Gasteiger partial charge on any atom is -0.481 e. The van der Waals surface area contributed by atoms with E-state index in [9.17, 15) is 4.79 Å². The monoisotopic (exact) mass is 356 g/mol. The van der Waals surface area contributed by atoms with E-state index in [0.717, 1.165) is 17.7 Å². The topological polar surface area (TPSA) is 89.6 Å². The molecule has 1 aliphatic rings. The molecule has 2 heterocycles. The normalized spacial score (nSPS) is 19.8. The predicted molar refractivity (Wildman–Crippen MR) is 101 cm³/mol. The molecule has 3 rings (SSSR count). The molecular formula is C18H20N4O2S. The van der Waals surface area contributed by atoms with Gasteiger partial charge in [-0.1, -0.05) is 23.9 Å². The van der Waals surface area contributed by atoms with Crippen molar-refractivity contribution in [2.45, 2.75) is 18.9 Å². The fourth-order valence-corrected chi connectivity index (χ4v) is 3.63. The Morgan fingerprint density at radius 3 is 2.64 bits per heavy atom. The van der Waals surface area contributed by atoms with Gasteiger partial charge in [0.2, 0.25) is 5.88 Å². The number of aromatic nitrogens is 1. The highest BCUT2D eigenvalue weighted by Crippen LogP contribution is 2.34. The van der Waals surface area contributed by atoms with Crippen LogP contribution in [0.1, 0.15) is 29.3 Å². The minimum absolute atomic E-state index is 0.189. The molecule has 130 valence electrons. The maximum absolute atomic E-state index is 12.4. The third-order valence-electron chi connectivity index (χ3n) is 4.17. The number of methoxy groups -OCH3 is 1. The molecule has 1 aromatic heterocycles. The number of hydrogen-bond donors (Lipinski definition) is 2. The Morgan fingerprint density at radius 2 is 2.04 bits per heavy atom. The highest BCUT2D eigenvalue weighted by atomic mass is 32.2. The van der Waals surface area contributed by atoms with Crippen molar-refractivity contribution in [1.82, 2.24) is 4.98 Å². The summed E-state index contributed by atoms with van der Waals surface area (Å²) in [5, 5.41) is 3.43. The average Bonchev–Trinajstić information content (AvgIpc) is 2.62. The first-order chi connectivity index (χ1) is 12.0. The van der Waals surface area contributed by atoms with E-state index in [4.69, 9.17) is 10.5 Å². The van der Waals surface area contributed by atoms with E-state index in [-0.39, 0.29) is 11.4 Å². The second kappa shape index (κ2) is 7.14. The smallest absolute Gasteiger partial charge is 0.255 e. The van der Waals surface area contributed by atoms with Crippen LogP contribution in [0.25, 0.3) is 0 Å². The summed E-state index contributed by atoms with van der Waals surface area (Å²) in [5.41, 5.74) is 7.78. The van der Waals surface area contributed by atoms with Crippen molar-refractivity contribution >= 4 is 28.5 Å². The minimum atomic E-state index is -0.329. The van der Waals surface area contributed by atoms with E-state index in [1.165, 1.54) is 0 Å². The third-order valence-corrected chi connectivity index (χ3v) is 4.96. The number of hydrogen-bond acceptors (Lipinski definition) is 6. The lowest BCUT2D eigenvalue weighted by Gasteiger charge is -2.29. The maximum atomic E-state index is 12.4. The summed E-state index contributed by atoms with van der Waals surface area (Å²) in [5.74, 6) is 1.25. The van der Waals surface area contributed by atoms with Gasteiger partial charge in [-0.15, -0.1) is 0 Å². The van der Waals surface area contributed by atoms with Crippen LogP contribution in [0.3, 0.4) is 0 Å². The lowest BCUT2D eigenvalue weighted by Crippen LogP contribution is -2.28. The van der Waals surface area contributed by atoms with Crippen molar-refractivity contribution in [2.75, 3.05) is 18.2 Å². The van der Waals surface area contributed by atoms with Gasteiger partial charge in [-0.25, -0.2) is 4.98 Å². The number of nitrogens with one attached hydrogen (secondary N) is 1. The standard InChI is InChI=1S/C18H20N4O2S/c1-18(9-10-25-17(19)22-18)13-5-3-12(4-6-13)16(23)21-14-7-8-15(24-2)20-11-14/h3-8,11H,9-10H2,1-2H3,(H2,19,22)(H,21,23). The van der Waals surface area contributed by atoms with Gasteiger partial charge in [0.25, 0.3) is 5.91 Å². The van der Waals surface area contributed by atoms with E-state index in [2.05, 4.69) is 22.2 Å². The fourth-order valence-electron chi connectivity index (χ4n) is 2.65. The Bertz CT molecular complexity index is 790. The number of aliphatic imine (C=N–C) groups is 1. The molecule has 25 heavy (non-hydrogen) atoms. The Kier molecular flexibility index (Phi) is 4.94. The van der Waals surface area contributed by atoms with Crippen molar-refractivity contribution < 1.29 is 9.53 Å². The summed E-state index contributed by atoms with van der Waals surface area (Å²) in [6, 6.07) is 10.9. The maximum Gasteiger partial charge on any atom is 0.255 e. The molecule has 2 aromatic rings. The van der Waals surface area contributed by atoms with Crippen molar-refractivity contribution in [1.29, 1.82) is 0 Å². The van der Waals surface area contributed by atoms with Crippen LogP contribution in [0.15, 0.2) is 47.6 Å². The fraction of sp³-hybridized carbons (Fsp3) is 0.278. The van der Waals surface area contributed by atoms with Crippen molar-refractivity contribution in [2.24, 2.45) is 10.7 Å². The highest BCUT2D eigenvalue weighted by Gasteiger charge is 2.29. The van der Waals surface area contributed by atoms with Crippen LogP contribution in [-0.4, -0.2) is 28.9 Å². The van der Waals surface area contributed by atoms with E-state index in [1.54, 1.807) is 49.3 Å². The number of amidine groups is 1. The molecular weight excluding hydrogens is 336 g/mol. The first kappa shape index (κ1) is 17.3. The number of anilines is 1. The number of pyridine rings is 1. The molecule has 0 aliphatic carbocycles. The molecule has 1 aliphatic heterocycles. The van der Waals surface area contributed by atoms with E-state index in [0.29, 0.717) is 22.3 Å². The summed E-state index contributed by atoms with van der Waals surface area (Å²) in [7, 11) is 1.55. The van der Waals surface area contributed by atoms with Crippen LogP contribution in [-0.2, 0) is 5.54 Å². The van der Waals surface area contributed by atoms with Gasteiger partial charge in [-0.2, -0.15) is 0 Å². The van der Waals surface area contributed by atoms with E-state index >= 15 is 0 Å². The van der Waals surface area contributed by atoms with Crippen LogP contribution in [0.2, 0.25) is 0 Å². The van der Waals surface area contributed by atoms with Gasteiger partial charge in [0.1, 0.15) is 0 Å². The molecule has 0 saturated heterocycles. The lowest BCUT2D eigenvalue weighted by molar-refractivity contribution is 0.102. The highest BCUT2D eigenvalue weighted by molar-refractivity contribution is 8.13. The number of carbonyl (C=O) groups is 1. The molecule has 0 spiro atoms. The van der Waals surface area contributed by atoms with Gasteiger partial charge in [0.15, 0.2) is 5.17 Å². The zero-order valence-electron chi connectivity index (χ0n) is 14.2. The molecule has 1 unspecified atom stereocenters. The van der Waals surface area contributed by atoms with E-state index < -0.39 is 0 Å². The van der Waals surface area contributed by atoms with Gasteiger partial charge in [-0.05, 0) is 37.1 Å². The Hall–Kier alpha value is -2.54. The largest absolute Gasteiger partial charge is 0.481 e. The van der Waals surface area contributed by atoms with Crippen LogP contribution < -0.4 is 15.8 Å². The number of nitrogens with two attached hydrogens (primary N) is 1. The number of carbonyl (C=O) groups excluding carboxylic acids is 1. The number of ether oxygens (including phenoxy) is 1.